The molecule has 0 amide bonds. The van der Waals surface area contributed by atoms with Crippen molar-refractivity contribution in [2.24, 2.45) is 0 Å². The monoisotopic (exact) mass is 316 g/mol. The molecule has 0 fully saturated rings. The first-order chi connectivity index (χ1) is 10.6. The van der Waals surface area contributed by atoms with Crippen LogP contribution in [0.25, 0.3) is 0 Å². The van der Waals surface area contributed by atoms with Crippen molar-refractivity contribution in [1.29, 1.82) is 0 Å². The zero-order valence-electron chi connectivity index (χ0n) is 12.4. The molecule has 0 aliphatic rings. The first-order valence-electron chi connectivity index (χ1n) is 6.73. The lowest BCUT2D eigenvalue weighted by Gasteiger charge is -2.20. The SMILES string of the molecule is COC(=O)/C=C(/C)OP(=O)(c1ccccc1)c1ccccc1. The van der Waals surface area contributed by atoms with E-state index in [0.717, 1.165) is 0 Å². The minimum atomic E-state index is -3.32. The average Bonchev–Trinajstić information content (AvgIpc) is 2.56. The highest BCUT2D eigenvalue weighted by molar-refractivity contribution is 7.74. The molecule has 0 atom stereocenters. The van der Waals surface area contributed by atoms with Crippen molar-refractivity contribution in [2.75, 3.05) is 7.11 Å². The fourth-order valence-corrected chi connectivity index (χ4v) is 4.05. The van der Waals surface area contributed by atoms with Gasteiger partial charge >= 0.3 is 13.3 Å². The zero-order valence-corrected chi connectivity index (χ0v) is 13.3. The molecule has 22 heavy (non-hydrogen) atoms. The predicted octanol–water partition coefficient (Wildman–Crippen LogP) is 3.01. The van der Waals surface area contributed by atoms with Crippen LogP contribution in [0, 0.1) is 0 Å². The molecule has 0 saturated heterocycles. The molecule has 0 radical (unpaired) electrons. The van der Waals surface area contributed by atoms with Crippen LogP contribution in [0.2, 0.25) is 0 Å². The zero-order chi connectivity index (χ0) is 16.0. The van der Waals surface area contributed by atoms with Gasteiger partial charge in [-0.15, -0.1) is 0 Å². The molecule has 0 bridgehead atoms. The number of esters is 1. The van der Waals surface area contributed by atoms with E-state index in [1.54, 1.807) is 55.5 Å². The first-order valence-corrected chi connectivity index (χ1v) is 8.36. The minimum absolute atomic E-state index is 0.239. The van der Waals surface area contributed by atoms with Crippen LogP contribution < -0.4 is 10.6 Å². The molecule has 4 nitrogen and oxygen atoms in total. The molecule has 2 aromatic carbocycles. The standard InChI is InChI=1S/C17H17O4P/c1-14(13-17(18)20-2)21-22(19,15-9-5-3-6-10-15)16-11-7-4-8-12-16/h3-13H,1-2H3/b14-13-. The Balaban J connectivity index is 2.46. The Morgan fingerprint density at radius 2 is 1.41 bits per heavy atom. The van der Waals surface area contributed by atoms with Gasteiger partial charge in [0.05, 0.1) is 23.8 Å². The molecule has 0 unspecified atom stereocenters. The summed E-state index contributed by atoms with van der Waals surface area (Å²) in [6, 6.07) is 17.9. The fraction of sp³-hybridized carbons (Fsp3) is 0.118. The molecule has 0 aromatic heterocycles. The van der Waals surface area contributed by atoms with Gasteiger partial charge in [-0.3, -0.25) is 4.57 Å². The number of rotatable bonds is 5. The van der Waals surface area contributed by atoms with Crippen LogP contribution in [0.15, 0.2) is 72.5 Å². The molecule has 0 N–H and O–H groups in total. The number of allylic oxidation sites excluding steroid dienone is 1. The van der Waals surface area contributed by atoms with Gasteiger partial charge in [0.2, 0.25) is 0 Å². The summed E-state index contributed by atoms with van der Waals surface area (Å²) in [5.41, 5.74) is 0. The maximum Gasteiger partial charge on any atom is 0.333 e. The maximum absolute atomic E-state index is 13.5. The van der Waals surface area contributed by atoms with Crippen molar-refractivity contribution in [2.45, 2.75) is 6.92 Å². The van der Waals surface area contributed by atoms with Crippen LogP contribution in [0.5, 0.6) is 0 Å². The smallest absolute Gasteiger partial charge is 0.333 e. The van der Waals surface area contributed by atoms with Crippen LogP contribution in [-0.2, 0) is 18.6 Å². The Bertz CT molecular complexity index is 664. The minimum Gasteiger partial charge on any atom is -0.466 e. The Morgan fingerprint density at radius 3 is 1.82 bits per heavy atom. The van der Waals surface area contributed by atoms with Gasteiger partial charge in [-0.2, -0.15) is 0 Å². The molecule has 0 spiro atoms. The van der Waals surface area contributed by atoms with E-state index in [1.165, 1.54) is 13.2 Å². The highest BCUT2D eigenvalue weighted by atomic mass is 31.2. The summed E-state index contributed by atoms with van der Waals surface area (Å²) in [5, 5.41) is 1.14. The number of carbonyl (C=O) groups is 1. The Hall–Kier alpha value is -2.32. The van der Waals surface area contributed by atoms with Gasteiger partial charge < -0.3 is 9.26 Å². The molecule has 0 saturated carbocycles. The molecule has 0 aliphatic heterocycles. The Labute approximate surface area is 129 Å². The van der Waals surface area contributed by atoms with Crippen LogP contribution in [0.1, 0.15) is 6.92 Å². The Kier molecular flexibility index (Phi) is 5.18. The predicted molar refractivity (Wildman–Crippen MR) is 86.6 cm³/mol. The van der Waals surface area contributed by atoms with Crippen molar-refractivity contribution < 1.29 is 18.6 Å². The van der Waals surface area contributed by atoms with Gasteiger partial charge in [0.15, 0.2) is 0 Å². The van der Waals surface area contributed by atoms with E-state index in [9.17, 15) is 9.36 Å². The van der Waals surface area contributed by atoms with E-state index < -0.39 is 13.3 Å². The van der Waals surface area contributed by atoms with Crippen molar-refractivity contribution in [3.63, 3.8) is 0 Å². The largest absolute Gasteiger partial charge is 0.466 e. The number of hydrogen-bond acceptors (Lipinski definition) is 4. The van der Waals surface area contributed by atoms with Gasteiger partial charge in [-0.1, -0.05) is 36.4 Å². The average molecular weight is 316 g/mol. The number of ether oxygens (including phenoxy) is 1. The molecular weight excluding hydrogens is 299 g/mol. The number of carbonyl (C=O) groups excluding carboxylic acids is 1. The van der Waals surface area contributed by atoms with Crippen molar-refractivity contribution in [3.8, 4) is 0 Å². The summed E-state index contributed by atoms with van der Waals surface area (Å²) in [6.45, 7) is 1.58. The third-order valence-electron chi connectivity index (χ3n) is 2.99. The van der Waals surface area contributed by atoms with Crippen molar-refractivity contribution >= 4 is 23.9 Å². The third-order valence-corrected chi connectivity index (χ3v) is 5.49. The van der Waals surface area contributed by atoms with Crippen LogP contribution in [-0.4, -0.2) is 13.1 Å². The van der Waals surface area contributed by atoms with Crippen LogP contribution >= 0.6 is 7.37 Å². The topological polar surface area (TPSA) is 52.6 Å². The van der Waals surface area contributed by atoms with Crippen molar-refractivity contribution in [1.82, 2.24) is 0 Å². The Morgan fingerprint density at radius 1 is 0.955 bits per heavy atom. The summed E-state index contributed by atoms with van der Waals surface area (Å²) in [7, 11) is -2.05. The lowest BCUT2D eigenvalue weighted by molar-refractivity contribution is -0.135. The van der Waals surface area contributed by atoms with E-state index in [4.69, 9.17) is 4.52 Å². The van der Waals surface area contributed by atoms with Crippen LogP contribution in [0.4, 0.5) is 0 Å². The second-order valence-electron chi connectivity index (χ2n) is 4.59. The van der Waals surface area contributed by atoms with Crippen molar-refractivity contribution in [3.05, 3.63) is 72.5 Å². The third kappa shape index (κ3) is 3.66. The quantitative estimate of drug-likeness (QED) is 0.368. The molecule has 2 rings (SSSR count). The van der Waals surface area contributed by atoms with E-state index in [0.29, 0.717) is 10.6 Å². The second kappa shape index (κ2) is 7.10. The summed E-state index contributed by atoms with van der Waals surface area (Å²) >= 11 is 0. The number of hydrogen-bond donors (Lipinski definition) is 0. The first kappa shape index (κ1) is 16.1. The normalized spacial score (nSPS) is 11.8. The van der Waals surface area contributed by atoms with E-state index >= 15 is 0 Å². The molecule has 2 aromatic rings. The van der Waals surface area contributed by atoms with Gasteiger partial charge in [0, 0.05) is 0 Å². The summed E-state index contributed by atoms with van der Waals surface area (Å²) < 4.78 is 23.7. The molecular formula is C17H17O4P. The summed E-state index contributed by atoms with van der Waals surface area (Å²) in [4.78, 5) is 11.3. The lowest BCUT2D eigenvalue weighted by Crippen LogP contribution is -2.17. The van der Waals surface area contributed by atoms with Crippen LogP contribution in [0.3, 0.4) is 0 Å². The maximum atomic E-state index is 13.5. The molecule has 0 heterocycles. The molecule has 114 valence electrons. The highest BCUT2D eigenvalue weighted by Gasteiger charge is 2.29. The van der Waals surface area contributed by atoms with Gasteiger partial charge in [-0.05, 0) is 31.2 Å². The highest BCUT2D eigenvalue weighted by Crippen LogP contribution is 2.46. The second-order valence-corrected chi connectivity index (χ2v) is 6.91. The summed E-state index contributed by atoms with van der Waals surface area (Å²) in [6.07, 6.45) is 1.18. The number of benzene rings is 2. The lowest BCUT2D eigenvalue weighted by atomic mass is 10.4. The fourth-order valence-electron chi connectivity index (χ4n) is 1.96. The van der Waals surface area contributed by atoms with Gasteiger partial charge in [0.25, 0.3) is 0 Å². The van der Waals surface area contributed by atoms with E-state index in [1.807, 2.05) is 12.1 Å². The van der Waals surface area contributed by atoms with Gasteiger partial charge in [-0.25, -0.2) is 4.79 Å². The van der Waals surface area contributed by atoms with Gasteiger partial charge in [0.1, 0.15) is 5.76 Å². The number of methoxy groups -OCH3 is 1. The van der Waals surface area contributed by atoms with E-state index in [-0.39, 0.29) is 5.76 Å². The molecule has 5 heteroatoms. The molecule has 0 aliphatic carbocycles. The van der Waals surface area contributed by atoms with E-state index in [2.05, 4.69) is 4.74 Å². The summed E-state index contributed by atoms with van der Waals surface area (Å²) in [5.74, 6) is -0.312.